The number of nitrogens with one attached hydrogen (secondary N) is 1. The molecule has 28 heavy (non-hydrogen) atoms. The summed E-state index contributed by atoms with van der Waals surface area (Å²) in [6, 6.07) is -0.520. The molecule has 3 aliphatic rings. The Labute approximate surface area is 166 Å². The van der Waals surface area contributed by atoms with Crippen LogP contribution in [0.3, 0.4) is 0 Å². The molecule has 0 spiro atoms. The molecule has 2 amide bonds. The molecule has 1 unspecified atom stereocenters. The van der Waals surface area contributed by atoms with E-state index < -0.39 is 6.04 Å². The van der Waals surface area contributed by atoms with Gasteiger partial charge < -0.3 is 15.0 Å². The van der Waals surface area contributed by atoms with Crippen molar-refractivity contribution in [2.24, 2.45) is 11.8 Å². The number of carbonyl (C=O) groups excluding carboxylic acids is 2. The first kappa shape index (κ1) is 19.2. The lowest BCUT2D eigenvalue weighted by Crippen LogP contribution is -2.48. The van der Waals surface area contributed by atoms with Crippen LogP contribution >= 0.6 is 0 Å². The average Bonchev–Trinajstić information content (AvgIpc) is 3.54. The van der Waals surface area contributed by atoms with Gasteiger partial charge in [0.1, 0.15) is 17.4 Å². The summed E-state index contributed by atoms with van der Waals surface area (Å²) in [5.41, 5.74) is 1.09. The topological polar surface area (TPSA) is 84.4 Å². The van der Waals surface area contributed by atoms with Crippen molar-refractivity contribution >= 4 is 11.8 Å². The van der Waals surface area contributed by atoms with Crippen LogP contribution in [0.15, 0.2) is 6.20 Å². The van der Waals surface area contributed by atoms with Crippen LogP contribution in [0.1, 0.15) is 73.5 Å². The van der Waals surface area contributed by atoms with E-state index >= 15 is 0 Å². The number of ether oxygens (including phenoxy) is 1. The lowest BCUT2D eigenvalue weighted by Gasteiger charge is -2.30. The molecule has 0 bridgehead atoms. The molecule has 3 saturated carbocycles. The van der Waals surface area contributed by atoms with Crippen molar-refractivity contribution in [1.82, 2.24) is 20.2 Å². The predicted molar refractivity (Wildman–Crippen MR) is 104 cm³/mol. The van der Waals surface area contributed by atoms with Gasteiger partial charge in [0, 0.05) is 20.0 Å². The van der Waals surface area contributed by atoms with Crippen LogP contribution in [0.5, 0.6) is 5.88 Å². The van der Waals surface area contributed by atoms with E-state index in [9.17, 15) is 9.59 Å². The zero-order valence-corrected chi connectivity index (χ0v) is 16.8. The van der Waals surface area contributed by atoms with E-state index in [1.807, 2.05) is 0 Å². The van der Waals surface area contributed by atoms with Crippen LogP contribution in [-0.2, 0) is 4.79 Å². The molecule has 1 atom stereocenters. The highest BCUT2D eigenvalue weighted by Crippen LogP contribution is 2.43. The van der Waals surface area contributed by atoms with Crippen molar-refractivity contribution in [2.75, 3.05) is 20.7 Å². The van der Waals surface area contributed by atoms with Crippen molar-refractivity contribution in [3.63, 3.8) is 0 Å². The highest BCUT2D eigenvalue weighted by Gasteiger charge is 2.33. The van der Waals surface area contributed by atoms with Gasteiger partial charge in [-0.25, -0.2) is 4.98 Å². The Morgan fingerprint density at radius 2 is 1.93 bits per heavy atom. The quantitative estimate of drug-likeness (QED) is 0.705. The fourth-order valence-corrected chi connectivity index (χ4v) is 3.54. The summed E-state index contributed by atoms with van der Waals surface area (Å²) in [6.45, 7) is 0.642. The minimum Gasteiger partial charge on any atom is -0.476 e. The number of hydrogen-bond donors (Lipinski definition) is 1. The van der Waals surface area contributed by atoms with Gasteiger partial charge in [0.25, 0.3) is 5.91 Å². The Bertz CT molecular complexity index is 739. The maximum Gasteiger partial charge on any atom is 0.272 e. The van der Waals surface area contributed by atoms with Crippen molar-refractivity contribution in [1.29, 1.82) is 0 Å². The highest BCUT2D eigenvalue weighted by atomic mass is 16.5. The highest BCUT2D eigenvalue weighted by molar-refractivity contribution is 5.96. The van der Waals surface area contributed by atoms with E-state index in [4.69, 9.17) is 4.74 Å². The fourth-order valence-electron chi connectivity index (χ4n) is 3.54. The molecule has 3 fully saturated rings. The molecule has 152 valence electrons. The molecule has 1 heterocycles. The number of carbonyl (C=O) groups is 2. The summed E-state index contributed by atoms with van der Waals surface area (Å²) in [4.78, 5) is 35.9. The molecule has 0 aliphatic heterocycles. The first-order valence-corrected chi connectivity index (χ1v) is 10.5. The molecule has 7 heteroatoms. The minimum atomic E-state index is -0.520. The van der Waals surface area contributed by atoms with E-state index in [-0.39, 0.29) is 17.5 Å². The summed E-state index contributed by atoms with van der Waals surface area (Å²) < 4.78 is 5.91. The molecule has 4 rings (SSSR count). The predicted octanol–water partition coefficient (Wildman–Crippen LogP) is 2.52. The monoisotopic (exact) mass is 386 g/mol. The lowest BCUT2D eigenvalue weighted by molar-refractivity contribution is -0.131. The largest absolute Gasteiger partial charge is 0.476 e. The van der Waals surface area contributed by atoms with Crippen LogP contribution in [0.2, 0.25) is 0 Å². The number of hydrogen-bond acceptors (Lipinski definition) is 5. The molecule has 0 radical (unpaired) electrons. The standard InChI is InChI=1S/C21H30N4O3/c1-25(2)21(27)16(10-13-4-3-5-13)23-19(26)17-11-22-18(15-8-9-15)20(24-17)28-12-14-6-7-14/h11,13-16H,3-10,12H2,1-2H3,(H,23,26). The second-order valence-electron chi connectivity index (χ2n) is 8.77. The van der Waals surface area contributed by atoms with Gasteiger partial charge in [0.05, 0.1) is 12.8 Å². The first-order chi connectivity index (χ1) is 13.5. The van der Waals surface area contributed by atoms with Gasteiger partial charge in [-0.3, -0.25) is 14.6 Å². The second-order valence-corrected chi connectivity index (χ2v) is 8.77. The van der Waals surface area contributed by atoms with Crippen LogP contribution in [0, 0.1) is 11.8 Å². The summed E-state index contributed by atoms with van der Waals surface area (Å²) in [5.74, 6) is 1.58. The van der Waals surface area contributed by atoms with Gasteiger partial charge in [0.2, 0.25) is 11.8 Å². The first-order valence-electron chi connectivity index (χ1n) is 10.5. The van der Waals surface area contributed by atoms with Gasteiger partial charge in [-0.1, -0.05) is 19.3 Å². The molecule has 1 N–H and O–H groups in total. The third-order valence-corrected chi connectivity index (χ3v) is 5.95. The van der Waals surface area contributed by atoms with E-state index in [2.05, 4.69) is 15.3 Å². The zero-order valence-electron chi connectivity index (χ0n) is 16.8. The second kappa shape index (κ2) is 8.05. The van der Waals surface area contributed by atoms with E-state index in [1.54, 1.807) is 14.1 Å². The molecular formula is C21H30N4O3. The zero-order chi connectivity index (χ0) is 19.7. The molecule has 1 aromatic heterocycles. The summed E-state index contributed by atoms with van der Waals surface area (Å²) in [7, 11) is 3.44. The van der Waals surface area contributed by atoms with E-state index in [0.29, 0.717) is 36.7 Å². The van der Waals surface area contributed by atoms with Gasteiger partial charge in [0.15, 0.2) is 0 Å². The molecule has 1 aromatic rings. The minimum absolute atomic E-state index is 0.0759. The molecule has 0 saturated heterocycles. The third-order valence-electron chi connectivity index (χ3n) is 5.95. The van der Waals surface area contributed by atoms with Crippen LogP contribution < -0.4 is 10.1 Å². The maximum atomic E-state index is 12.8. The fraction of sp³-hybridized carbons (Fsp3) is 0.714. The summed E-state index contributed by atoms with van der Waals surface area (Å²) in [5, 5.41) is 2.89. The smallest absolute Gasteiger partial charge is 0.272 e. The van der Waals surface area contributed by atoms with Crippen molar-refractivity contribution < 1.29 is 14.3 Å². The molecule has 7 nitrogen and oxygen atoms in total. The Kier molecular flexibility index (Phi) is 5.51. The number of rotatable bonds is 9. The van der Waals surface area contributed by atoms with E-state index in [1.165, 1.54) is 30.4 Å². The SMILES string of the molecule is CN(C)C(=O)C(CC1CCC1)NC(=O)c1cnc(C2CC2)c(OCC2CC2)n1. The Hall–Kier alpha value is -2.18. The van der Waals surface area contributed by atoms with Crippen LogP contribution in [-0.4, -0.2) is 53.4 Å². The van der Waals surface area contributed by atoms with Crippen LogP contribution in [0.25, 0.3) is 0 Å². The summed E-state index contributed by atoms with van der Waals surface area (Å²) >= 11 is 0. The Morgan fingerprint density at radius 1 is 1.18 bits per heavy atom. The average molecular weight is 386 g/mol. The van der Waals surface area contributed by atoms with Gasteiger partial charge in [-0.2, -0.15) is 0 Å². The number of aromatic nitrogens is 2. The normalized spacial score (nSPS) is 20.2. The summed E-state index contributed by atoms with van der Waals surface area (Å²) in [6.07, 6.45) is 10.3. The Balaban J connectivity index is 1.46. The van der Waals surface area contributed by atoms with Crippen molar-refractivity contribution in [2.45, 2.75) is 63.3 Å². The number of likely N-dealkylation sites (N-methyl/N-ethyl adjacent to an activating group) is 1. The lowest BCUT2D eigenvalue weighted by atomic mass is 9.80. The van der Waals surface area contributed by atoms with Gasteiger partial charge in [-0.05, 0) is 43.9 Å². The van der Waals surface area contributed by atoms with Crippen LogP contribution in [0.4, 0.5) is 0 Å². The van der Waals surface area contributed by atoms with Crippen molar-refractivity contribution in [3.05, 3.63) is 17.6 Å². The van der Waals surface area contributed by atoms with Gasteiger partial charge >= 0.3 is 0 Å². The van der Waals surface area contributed by atoms with E-state index in [0.717, 1.165) is 31.4 Å². The molecule has 0 aromatic carbocycles. The molecule has 3 aliphatic carbocycles. The number of nitrogens with zero attached hydrogens (tertiary/aromatic N) is 3. The Morgan fingerprint density at radius 3 is 2.50 bits per heavy atom. The molecular weight excluding hydrogens is 356 g/mol. The number of amides is 2. The van der Waals surface area contributed by atoms with Gasteiger partial charge in [-0.15, -0.1) is 0 Å². The maximum absolute atomic E-state index is 12.8. The third kappa shape index (κ3) is 4.62. The van der Waals surface area contributed by atoms with Crippen molar-refractivity contribution in [3.8, 4) is 5.88 Å².